The van der Waals surface area contributed by atoms with Crippen molar-refractivity contribution in [1.82, 2.24) is 10.4 Å². The molecule has 0 aliphatic rings. The first kappa shape index (κ1) is 15.3. The van der Waals surface area contributed by atoms with Crippen LogP contribution in [0.15, 0.2) is 29.6 Å². The fourth-order valence-electron chi connectivity index (χ4n) is 1.53. The summed E-state index contributed by atoms with van der Waals surface area (Å²) in [7, 11) is -3.28. The van der Waals surface area contributed by atoms with E-state index in [4.69, 9.17) is 0 Å². The van der Waals surface area contributed by atoms with Crippen molar-refractivity contribution in [3.63, 3.8) is 0 Å². The zero-order chi connectivity index (χ0) is 15.5. The average molecular weight is 326 g/mol. The molecule has 0 radical (unpaired) electrons. The fraction of sp³-hybridized carbons (Fsp3) is 0.167. The van der Waals surface area contributed by atoms with Crippen LogP contribution in [-0.2, 0) is 14.8 Å². The molecule has 0 fully saturated rings. The molecule has 0 saturated heterocycles. The van der Waals surface area contributed by atoms with Crippen LogP contribution in [0.5, 0.6) is 0 Å². The van der Waals surface area contributed by atoms with Crippen LogP contribution in [0.2, 0.25) is 0 Å². The van der Waals surface area contributed by atoms with Gasteiger partial charge in [-0.2, -0.15) is 0 Å². The van der Waals surface area contributed by atoms with E-state index in [1.807, 2.05) is 5.38 Å². The summed E-state index contributed by atoms with van der Waals surface area (Å²) in [6, 6.07) is 6.86. The maximum atomic E-state index is 11.1. The predicted molar refractivity (Wildman–Crippen MR) is 83.5 cm³/mol. The van der Waals surface area contributed by atoms with Crippen LogP contribution >= 0.6 is 11.3 Å². The van der Waals surface area contributed by atoms with Crippen LogP contribution in [0, 0.1) is 0 Å². The van der Waals surface area contributed by atoms with Crippen LogP contribution in [0.3, 0.4) is 0 Å². The molecule has 21 heavy (non-hydrogen) atoms. The first-order valence-corrected chi connectivity index (χ1v) is 8.67. The van der Waals surface area contributed by atoms with E-state index in [9.17, 15) is 13.2 Å². The Hall–Kier alpha value is -2.13. The van der Waals surface area contributed by atoms with E-state index in [0.717, 1.165) is 17.5 Å². The van der Waals surface area contributed by atoms with Gasteiger partial charge in [-0.15, -0.1) is 11.3 Å². The van der Waals surface area contributed by atoms with Gasteiger partial charge in [-0.1, -0.05) is 12.1 Å². The zero-order valence-corrected chi connectivity index (χ0v) is 13.0. The molecule has 2 rings (SSSR count). The van der Waals surface area contributed by atoms with Crippen LogP contribution in [0.25, 0.3) is 11.3 Å². The third-order valence-corrected chi connectivity index (χ3v) is 3.70. The molecule has 1 aromatic carbocycles. The Labute approximate surface area is 126 Å². The summed E-state index contributed by atoms with van der Waals surface area (Å²) in [5.74, 6) is -0.206. The number of anilines is 2. The average Bonchev–Trinajstić information content (AvgIpc) is 2.84. The van der Waals surface area contributed by atoms with Crippen LogP contribution in [0.4, 0.5) is 10.8 Å². The number of nitrogens with one attached hydrogen (secondary N) is 3. The number of nitrogens with zero attached hydrogens (tertiary/aromatic N) is 1. The molecule has 1 amide bonds. The standard InChI is InChI=1S/C12H14N4O3S2/c1-8(17)14-15-12-13-11(7-20-12)9-3-5-10(6-4-9)16-21(2,18)19/h3-7,16H,1-2H3,(H,13,15)(H,14,17). The summed E-state index contributed by atoms with van der Waals surface area (Å²) in [5, 5.41) is 2.40. The van der Waals surface area contributed by atoms with Crippen molar-refractivity contribution in [2.45, 2.75) is 6.92 Å². The van der Waals surface area contributed by atoms with Crippen molar-refractivity contribution in [3.8, 4) is 11.3 Å². The molecule has 112 valence electrons. The topological polar surface area (TPSA) is 100 Å². The van der Waals surface area contributed by atoms with Gasteiger partial charge in [0.05, 0.1) is 11.9 Å². The summed E-state index contributed by atoms with van der Waals surface area (Å²) >= 11 is 1.35. The van der Waals surface area contributed by atoms with Gasteiger partial charge in [0.1, 0.15) is 0 Å². The SMILES string of the molecule is CC(=O)NNc1nc(-c2ccc(NS(C)(=O)=O)cc2)cs1. The number of hydrogen-bond donors (Lipinski definition) is 3. The lowest BCUT2D eigenvalue weighted by Crippen LogP contribution is -2.26. The number of hydrazine groups is 1. The second-order valence-corrected chi connectivity index (χ2v) is 6.90. The van der Waals surface area contributed by atoms with Gasteiger partial charge < -0.3 is 0 Å². The maximum Gasteiger partial charge on any atom is 0.235 e. The highest BCUT2D eigenvalue weighted by Gasteiger charge is 2.06. The summed E-state index contributed by atoms with van der Waals surface area (Å²) in [6.07, 6.45) is 1.10. The number of thiazole rings is 1. The van der Waals surface area contributed by atoms with Crippen molar-refractivity contribution in [3.05, 3.63) is 29.6 Å². The molecule has 0 unspecified atom stereocenters. The number of aromatic nitrogens is 1. The lowest BCUT2D eigenvalue weighted by molar-refractivity contribution is -0.118. The molecule has 0 bridgehead atoms. The van der Waals surface area contributed by atoms with Crippen molar-refractivity contribution >= 4 is 38.1 Å². The molecule has 0 atom stereocenters. The molecule has 1 heterocycles. The number of benzene rings is 1. The normalized spacial score (nSPS) is 11.0. The first-order valence-electron chi connectivity index (χ1n) is 5.90. The Bertz CT molecular complexity index is 738. The number of carbonyl (C=O) groups is 1. The van der Waals surface area contributed by atoms with Gasteiger partial charge in [0.2, 0.25) is 21.1 Å². The first-order chi connectivity index (χ1) is 9.83. The van der Waals surface area contributed by atoms with E-state index in [2.05, 4.69) is 20.6 Å². The summed E-state index contributed by atoms with van der Waals surface area (Å²) in [4.78, 5) is 15.1. The summed E-state index contributed by atoms with van der Waals surface area (Å²) in [5.41, 5.74) is 7.21. The van der Waals surface area contributed by atoms with Gasteiger partial charge in [-0.25, -0.2) is 13.4 Å². The molecule has 2 aromatic rings. The predicted octanol–water partition coefficient (Wildman–Crippen LogP) is 1.64. The van der Waals surface area contributed by atoms with Crippen molar-refractivity contribution in [2.24, 2.45) is 0 Å². The second kappa shape index (κ2) is 6.10. The van der Waals surface area contributed by atoms with Crippen molar-refractivity contribution in [1.29, 1.82) is 0 Å². The number of carbonyl (C=O) groups excluding carboxylic acids is 1. The van der Waals surface area contributed by atoms with Gasteiger partial charge in [-0.3, -0.25) is 20.4 Å². The van der Waals surface area contributed by atoms with E-state index in [0.29, 0.717) is 10.8 Å². The lowest BCUT2D eigenvalue weighted by atomic mass is 10.1. The number of sulfonamides is 1. The quantitative estimate of drug-likeness (QED) is 0.725. The monoisotopic (exact) mass is 326 g/mol. The summed E-state index contributed by atoms with van der Waals surface area (Å²) in [6.45, 7) is 1.40. The Morgan fingerprint density at radius 1 is 1.24 bits per heavy atom. The van der Waals surface area contributed by atoms with E-state index in [-0.39, 0.29) is 5.91 Å². The molecule has 0 aliphatic carbocycles. The molecule has 1 aromatic heterocycles. The Kier molecular flexibility index (Phi) is 4.43. The number of amides is 1. The zero-order valence-electron chi connectivity index (χ0n) is 11.4. The van der Waals surface area contributed by atoms with E-state index in [1.165, 1.54) is 18.3 Å². The molecule has 3 N–H and O–H groups in total. The van der Waals surface area contributed by atoms with Crippen molar-refractivity contribution in [2.75, 3.05) is 16.4 Å². The smallest absolute Gasteiger partial charge is 0.235 e. The van der Waals surface area contributed by atoms with Crippen LogP contribution in [-0.4, -0.2) is 25.6 Å². The van der Waals surface area contributed by atoms with Gasteiger partial charge in [-0.05, 0) is 12.1 Å². The Morgan fingerprint density at radius 3 is 2.48 bits per heavy atom. The molecule has 9 heteroatoms. The highest BCUT2D eigenvalue weighted by Crippen LogP contribution is 2.25. The molecule has 0 aliphatic heterocycles. The minimum absolute atomic E-state index is 0.206. The molecule has 0 saturated carbocycles. The van der Waals surface area contributed by atoms with E-state index < -0.39 is 10.0 Å². The van der Waals surface area contributed by atoms with Gasteiger partial charge >= 0.3 is 0 Å². The third-order valence-electron chi connectivity index (χ3n) is 2.33. The molecular weight excluding hydrogens is 312 g/mol. The minimum atomic E-state index is -3.28. The van der Waals surface area contributed by atoms with Crippen LogP contribution < -0.4 is 15.6 Å². The highest BCUT2D eigenvalue weighted by molar-refractivity contribution is 7.92. The highest BCUT2D eigenvalue weighted by atomic mass is 32.2. The van der Waals surface area contributed by atoms with E-state index >= 15 is 0 Å². The maximum absolute atomic E-state index is 11.1. The molecular formula is C12H14N4O3S2. The largest absolute Gasteiger partial charge is 0.284 e. The molecule has 7 nitrogen and oxygen atoms in total. The van der Waals surface area contributed by atoms with Crippen LogP contribution in [0.1, 0.15) is 6.92 Å². The fourth-order valence-corrected chi connectivity index (χ4v) is 2.77. The van der Waals surface area contributed by atoms with E-state index in [1.54, 1.807) is 24.3 Å². The Morgan fingerprint density at radius 2 is 1.90 bits per heavy atom. The Balaban J connectivity index is 2.10. The lowest BCUT2D eigenvalue weighted by Gasteiger charge is -2.04. The third kappa shape index (κ3) is 4.72. The van der Waals surface area contributed by atoms with Gasteiger partial charge in [0.15, 0.2) is 0 Å². The molecule has 0 spiro atoms. The van der Waals surface area contributed by atoms with Crippen molar-refractivity contribution < 1.29 is 13.2 Å². The van der Waals surface area contributed by atoms with Gasteiger partial charge in [0.25, 0.3) is 0 Å². The summed E-state index contributed by atoms with van der Waals surface area (Å²) < 4.78 is 24.6. The number of rotatable bonds is 5. The van der Waals surface area contributed by atoms with Gasteiger partial charge in [0, 0.05) is 23.6 Å². The number of hydrogen-bond acceptors (Lipinski definition) is 6. The minimum Gasteiger partial charge on any atom is -0.284 e. The second-order valence-electron chi connectivity index (χ2n) is 4.30.